The lowest BCUT2D eigenvalue weighted by Gasteiger charge is -2.26. The number of nitrogens with one attached hydrogen (secondary N) is 1. The van der Waals surface area contributed by atoms with Gasteiger partial charge < -0.3 is 20.1 Å². The Morgan fingerprint density at radius 2 is 1.58 bits per heavy atom. The zero-order valence-corrected chi connectivity index (χ0v) is 17.9. The average molecular weight is 464 g/mol. The third-order valence-electron chi connectivity index (χ3n) is 5.74. The number of hydrogen-bond donors (Lipinski definition) is 2. The number of ether oxygens (including phenoxy) is 1. The molecule has 0 spiro atoms. The van der Waals surface area contributed by atoms with Crippen molar-refractivity contribution in [2.75, 3.05) is 13.7 Å². The van der Waals surface area contributed by atoms with Gasteiger partial charge in [-0.2, -0.15) is 13.2 Å². The van der Waals surface area contributed by atoms with E-state index in [4.69, 9.17) is 9.84 Å². The van der Waals surface area contributed by atoms with E-state index in [-0.39, 0.29) is 12.5 Å². The summed E-state index contributed by atoms with van der Waals surface area (Å²) in [7, 11) is 1.09. The number of carbonyl (C=O) groups is 3. The number of alkyl carbamates (subject to hydrolysis) is 1. The lowest BCUT2D eigenvalue weighted by atomic mass is 9.98. The van der Waals surface area contributed by atoms with Gasteiger partial charge in [-0.15, -0.1) is 0 Å². The zero-order valence-electron chi connectivity index (χ0n) is 17.9. The molecule has 176 valence electrons. The molecule has 2 N–H and O–H groups in total. The number of hydrogen-bond acceptors (Lipinski definition) is 4. The highest BCUT2D eigenvalue weighted by atomic mass is 19.4. The van der Waals surface area contributed by atoms with E-state index < -0.39 is 42.7 Å². The SMILES string of the molecule is CC(C(=O)O)N(C)C(=O)CC(NC(=O)OCC1c2ccccc2-c2ccccc21)C(F)(F)F. The lowest BCUT2D eigenvalue weighted by Crippen LogP contribution is -2.50. The highest BCUT2D eigenvalue weighted by molar-refractivity contribution is 5.84. The summed E-state index contributed by atoms with van der Waals surface area (Å²) in [5.74, 6) is -2.78. The quantitative estimate of drug-likeness (QED) is 0.650. The van der Waals surface area contributed by atoms with Crippen LogP contribution >= 0.6 is 0 Å². The molecular weight excluding hydrogens is 441 g/mol. The van der Waals surface area contributed by atoms with Gasteiger partial charge in [-0.3, -0.25) is 4.79 Å². The molecule has 2 atom stereocenters. The number of alkyl halides is 3. The van der Waals surface area contributed by atoms with Crippen LogP contribution in [0.4, 0.5) is 18.0 Å². The van der Waals surface area contributed by atoms with Crippen molar-refractivity contribution in [2.24, 2.45) is 0 Å². The van der Waals surface area contributed by atoms with E-state index in [9.17, 15) is 27.6 Å². The summed E-state index contributed by atoms with van der Waals surface area (Å²) in [6.45, 7) is 0.982. The summed E-state index contributed by atoms with van der Waals surface area (Å²) in [5.41, 5.74) is 3.74. The highest BCUT2D eigenvalue weighted by Crippen LogP contribution is 2.44. The van der Waals surface area contributed by atoms with Gasteiger partial charge in [0.2, 0.25) is 5.91 Å². The van der Waals surface area contributed by atoms with Crippen molar-refractivity contribution in [2.45, 2.75) is 37.5 Å². The minimum absolute atomic E-state index is 0.186. The molecule has 33 heavy (non-hydrogen) atoms. The molecule has 0 heterocycles. The summed E-state index contributed by atoms with van der Waals surface area (Å²) in [6.07, 6.45) is -7.41. The number of carboxylic acid groups (broad SMARTS) is 1. The number of likely N-dealkylation sites (N-methyl/N-ethyl adjacent to an activating group) is 1. The first kappa shape index (κ1) is 24.1. The Hall–Kier alpha value is -3.56. The van der Waals surface area contributed by atoms with Gasteiger partial charge in [0.25, 0.3) is 0 Å². The van der Waals surface area contributed by atoms with Gasteiger partial charge in [0.15, 0.2) is 0 Å². The van der Waals surface area contributed by atoms with E-state index in [0.29, 0.717) is 4.90 Å². The van der Waals surface area contributed by atoms with Gasteiger partial charge in [-0.1, -0.05) is 48.5 Å². The number of nitrogens with zero attached hydrogens (tertiary/aromatic N) is 1. The number of benzene rings is 2. The second-order valence-corrected chi connectivity index (χ2v) is 7.79. The molecule has 0 saturated carbocycles. The van der Waals surface area contributed by atoms with Crippen LogP contribution in [-0.2, 0) is 14.3 Å². The van der Waals surface area contributed by atoms with Crippen LogP contribution in [0.2, 0.25) is 0 Å². The van der Waals surface area contributed by atoms with E-state index >= 15 is 0 Å². The largest absolute Gasteiger partial charge is 0.480 e. The Morgan fingerprint density at radius 1 is 1.06 bits per heavy atom. The normalized spacial score (nSPS) is 14.6. The number of aliphatic carboxylic acids is 1. The maximum absolute atomic E-state index is 13.4. The molecule has 10 heteroatoms. The summed E-state index contributed by atoms with van der Waals surface area (Å²) >= 11 is 0. The van der Waals surface area contributed by atoms with Crippen LogP contribution in [0.3, 0.4) is 0 Å². The number of carboxylic acids is 1. The number of halogens is 3. The van der Waals surface area contributed by atoms with Gasteiger partial charge in [0, 0.05) is 13.0 Å². The van der Waals surface area contributed by atoms with E-state index in [1.807, 2.05) is 48.5 Å². The van der Waals surface area contributed by atoms with Crippen LogP contribution in [0.25, 0.3) is 11.1 Å². The number of amides is 2. The van der Waals surface area contributed by atoms with Gasteiger partial charge >= 0.3 is 18.2 Å². The standard InChI is InChI=1S/C23H23F3N2O5/c1-13(21(30)31)28(2)20(29)11-19(23(24,25)26)27-22(32)33-12-18-16-9-5-3-7-14(16)15-8-4-6-10-17(15)18/h3-10,13,18-19H,11-12H2,1-2H3,(H,27,32)(H,30,31). The summed E-state index contributed by atoms with van der Waals surface area (Å²) in [6, 6.07) is 11.2. The van der Waals surface area contributed by atoms with Crippen LogP contribution in [0.1, 0.15) is 30.4 Å². The molecule has 2 unspecified atom stereocenters. The Balaban J connectivity index is 1.67. The fourth-order valence-electron chi connectivity index (χ4n) is 3.73. The molecular formula is C23H23F3N2O5. The minimum Gasteiger partial charge on any atom is -0.480 e. The average Bonchev–Trinajstić information content (AvgIpc) is 3.09. The maximum atomic E-state index is 13.4. The molecule has 0 bridgehead atoms. The first-order valence-electron chi connectivity index (χ1n) is 10.2. The van der Waals surface area contributed by atoms with Crippen molar-refractivity contribution in [1.29, 1.82) is 0 Å². The van der Waals surface area contributed by atoms with Crippen molar-refractivity contribution >= 4 is 18.0 Å². The molecule has 0 fully saturated rings. The number of rotatable bonds is 7. The summed E-state index contributed by atoms with van der Waals surface area (Å²) in [5, 5.41) is 10.6. The minimum atomic E-state index is -4.94. The molecule has 0 saturated heterocycles. The molecule has 2 amide bonds. The molecule has 2 aromatic rings. The van der Waals surface area contributed by atoms with Gasteiger partial charge in [-0.05, 0) is 29.2 Å². The molecule has 3 rings (SSSR count). The van der Waals surface area contributed by atoms with Crippen molar-refractivity contribution in [3.8, 4) is 11.1 Å². The van der Waals surface area contributed by atoms with E-state index in [0.717, 1.165) is 29.3 Å². The predicted octanol–water partition coefficient (Wildman–Crippen LogP) is 3.78. The summed E-state index contributed by atoms with van der Waals surface area (Å²) in [4.78, 5) is 36.0. The van der Waals surface area contributed by atoms with Crippen LogP contribution in [0.5, 0.6) is 0 Å². The molecule has 1 aliphatic rings. The highest BCUT2D eigenvalue weighted by Gasteiger charge is 2.43. The van der Waals surface area contributed by atoms with Crippen molar-refractivity contribution in [3.63, 3.8) is 0 Å². The Morgan fingerprint density at radius 3 is 2.06 bits per heavy atom. The van der Waals surface area contributed by atoms with Crippen LogP contribution in [0.15, 0.2) is 48.5 Å². The van der Waals surface area contributed by atoms with Crippen molar-refractivity contribution in [3.05, 3.63) is 59.7 Å². The molecule has 1 aliphatic carbocycles. The molecule has 0 aromatic heterocycles. The Kier molecular flexibility index (Phi) is 6.95. The number of fused-ring (bicyclic) bond motifs is 3. The number of carbonyl (C=O) groups excluding carboxylic acids is 2. The van der Waals surface area contributed by atoms with E-state index in [2.05, 4.69) is 0 Å². The second-order valence-electron chi connectivity index (χ2n) is 7.79. The molecule has 0 aliphatic heterocycles. The fourth-order valence-corrected chi connectivity index (χ4v) is 3.73. The third-order valence-corrected chi connectivity index (χ3v) is 5.74. The van der Waals surface area contributed by atoms with Gasteiger partial charge in [-0.25, -0.2) is 9.59 Å². The topological polar surface area (TPSA) is 95.9 Å². The third kappa shape index (κ3) is 5.27. The lowest BCUT2D eigenvalue weighted by molar-refractivity contribution is -0.164. The Bertz CT molecular complexity index is 1010. The zero-order chi connectivity index (χ0) is 24.3. The van der Waals surface area contributed by atoms with Gasteiger partial charge in [0.1, 0.15) is 18.7 Å². The molecule has 7 nitrogen and oxygen atoms in total. The van der Waals surface area contributed by atoms with E-state index in [1.54, 1.807) is 5.32 Å². The monoisotopic (exact) mass is 464 g/mol. The Labute approximate surface area is 188 Å². The first-order valence-corrected chi connectivity index (χ1v) is 10.2. The van der Waals surface area contributed by atoms with Crippen molar-refractivity contribution in [1.82, 2.24) is 10.2 Å². The smallest absolute Gasteiger partial charge is 0.409 e. The predicted molar refractivity (Wildman–Crippen MR) is 113 cm³/mol. The molecule has 0 radical (unpaired) electrons. The van der Waals surface area contributed by atoms with Crippen LogP contribution in [0, 0.1) is 0 Å². The van der Waals surface area contributed by atoms with Gasteiger partial charge in [0.05, 0.1) is 6.42 Å². The fraction of sp³-hybridized carbons (Fsp3) is 0.348. The summed E-state index contributed by atoms with van der Waals surface area (Å²) < 4.78 is 45.4. The second kappa shape index (κ2) is 9.51. The maximum Gasteiger partial charge on any atom is 0.409 e. The van der Waals surface area contributed by atoms with E-state index in [1.165, 1.54) is 6.92 Å². The van der Waals surface area contributed by atoms with Crippen LogP contribution in [-0.4, -0.2) is 59.9 Å². The van der Waals surface area contributed by atoms with Crippen LogP contribution < -0.4 is 5.32 Å². The molecule has 2 aromatic carbocycles. The van der Waals surface area contributed by atoms with Crippen molar-refractivity contribution < 1.29 is 37.4 Å². The first-order chi connectivity index (χ1) is 15.5.